The summed E-state index contributed by atoms with van der Waals surface area (Å²) in [5, 5.41) is 7.88. The lowest BCUT2D eigenvalue weighted by molar-refractivity contribution is -0.169. The summed E-state index contributed by atoms with van der Waals surface area (Å²) in [6.07, 6.45) is 9.36. The van der Waals surface area contributed by atoms with Gasteiger partial charge >= 0.3 is 6.61 Å². The summed E-state index contributed by atoms with van der Waals surface area (Å²) in [5.41, 5.74) is 4.60. The molecule has 1 N–H and O–H groups in total. The third kappa shape index (κ3) is 3.80. The SMILES string of the molecule is FC(F)O[C@H]1CC[C@H](Nc2ncc3c(-c4ccc5nccnc5c4)ccn3n2)CC1. The molecule has 0 bridgehead atoms. The summed E-state index contributed by atoms with van der Waals surface area (Å²) in [5.74, 6) is 0.521. The van der Waals surface area contributed by atoms with Gasteiger partial charge in [-0.15, -0.1) is 5.10 Å². The molecule has 9 heteroatoms. The molecule has 3 heterocycles. The molecule has 1 saturated carbocycles. The molecule has 1 aliphatic carbocycles. The summed E-state index contributed by atoms with van der Waals surface area (Å²) in [4.78, 5) is 13.1. The van der Waals surface area contributed by atoms with Crippen LogP contribution in [0.3, 0.4) is 0 Å². The van der Waals surface area contributed by atoms with E-state index in [-0.39, 0.29) is 12.1 Å². The predicted octanol–water partition coefficient (Wildman–Crippen LogP) is 4.30. The number of nitrogens with zero attached hydrogens (tertiary/aromatic N) is 5. The third-order valence-electron chi connectivity index (χ3n) is 5.50. The highest BCUT2D eigenvalue weighted by molar-refractivity contribution is 5.86. The van der Waals surface area contributed by atoms with E-state index >= 15 is 0 Å². The van der Waals surface area contributed by atoms with E-state index in [1.165, 1.54) is 0 Å². The van der Waals surface area contributed by atoms with Gasteiger partial charge in [-0.25, -0.2) is 9.50 Å². The molecule has 0 radical (unpaired) electrons. The normalized spacial score (nSPS) is 19.6. The molecule has 0 unspecified atom stereocenters. The maximum absolute atomic E-state index is 12.3. The standard InChI is InChI=1S/C21H20F2N6O/c22-20(23)30-15-4-2-14(3-5-15)27-21-26-12-19-16(7-10-29(19)28-21)13-1-6-17-18(11-13)25-9-8-24-17/h1,6-12,14-15,20H,2-5H2,(H,27,28)/t14-,15-. The van der Waals surface area contributed by atoms with Crippen LogP contribution in [0.15, 0.2) is 49.1 Å². The van der Waals surface area contributed by atoms with Crippen molar-refractivity contribution < 1.29 is 13.5 Å². The van der Waals surface area contributed by atoms with Gasteiger partial charge in [0.2, 0.25) is 5.95 Å². The molecule has 3 aromatic heterocycles. The molecule has 0 saturated heterocycles. The molecule has 30 heavy (non-hydrogen) atoms. The number of hydrogen-bond acceptors (Lipinski definition) is 6. The van der Waals surface area contributed by atoms with Crippen molar-refractivity contribution in [3.05, 3.63) is 49.1 Å². The topological polar surface area (TPSA) is 77.2 Å². The number of aromatic nitrogens is 5. The van der Waals surface area contributed by atoms with Gasteiger partial charge in [0.1, 0.15) is 0 Å². The minimum absolute atomic E-state index is 0.147. The molecule has 1 aromatic carbocycles. The average Bonchev–Trinajstić information content (AvgIpc) is 3.18. The molecule has 5 rings (SSSR count). The first-order valence-corrected chi connectivity index (χ1v) is 9.91. The van der Waals surface area contributed by atoms with Crippen LogP contribution in [-0.2, 0) is 4.74 Å². The first-order valence-electron chi connectivity index (χ1n) is 9.91. The molecule has 0 amide bonds. The van der Waals surface area contributed by atoms with Crippen LogP contribution in [-0.4, -0.2) is 43.3 Å². The maximum Gasteiger partial charge on any atom is 0.345 e. The zero-order chi connectivity index (χ0) is 20.5. The Hall–Kier alpha value is -3.20. The molecule has 1 aliphatic rings. The first kappa shape index (κ1) is 18.8. The molecular weight excluding hydrogens is 390 g/mol. The zero-order valence-corrected chi connectivity index (χ0v) is 16.1. The first-order chi connectivity index (χ1) is 14.7. The summed E-state index contributed by atoms with van der Waals surface area (Å²) < 4.78 is 31.1. The highest BCUT2D eigenvalue weighted by atomic mass is 19.3. The van der Waals surface area contributed by atoms with Gasteiger partial charge in [0.25, 0.3) is 0 Å². The predicted molar refractivity (Wildman–Crippen MR) is 108 cm³/mol. The molecule has 154 valence electrons. The van der Waals surface area contributed by atoms with E-state index in [1.807, 2.05) is 30.5 Å². The second-order valence-corrected chi connectivity index (χ2v) is 7.42. The Morgan fingerprint density at radius 3 is 2.60 bits per heavy atom. The summed E-state index contributed by atoms with van der Waals surface area (Å²) >= 11 is 0. The van der Waals surface area contributed by atoms with E-state index in [0.717, 1.165) is 40.5 Å². The van der Waals surface area contributed by atoms with E-state index in [1.54, 1.807) is 23.1 Å². The Morgan fingerprint density at radius 1 is 1.00 bits per heavy atom. The number of fused-ring (bicyclic) bond motifs is 2. The summed E-state index contributed by atoms with van der Waals surface area (Å²) in [7, 11) is 0. The van der Waals surface area contributed by atoms with Crippen LogP contribution >= 0.6 is 0 Å². The Kier molecular flexibility index (Phi) is 4.96. The minimum Gasteiger partial charge on any atom is -0.350 e. The van der Waals surface area contributed by atoms with Crippen molar-refractivity contribution in [2.45, 2.75) is 44.4 Å². The lowest BCUT2D eigenvalue weighted by Crippen LogP contribution is -2.31. The van der Waals surface area contributed by atoms with Gasteiger partial charge in [0.05, 0.1) is 28.9 Å². The highest BCUT2D eigenvalue weighted by Crippen LogP contribution is 2.28. The molecule has 0 aliphatic heterocycles. The lowest BCUT2D eigenvalue weighted by atomic mass is 9.93. The van der Waals surface area contributed by atoms with Gasteiger partial charge in [0.15, 0.2) is 0 Å². The summed E-state index contributed by atoms with van der Waals surface area (Å²) in [6.45, 7) is -2.71. The van der Waals surface area contributed by atoms with Crippen LogP contribution in [0.2, 0.25) is 0 Å². The number of benzene rings is 1. The van der Waals surface area contributed by atoms with Gasteiger partial charge in [-0.3, -0.25) is 9.97 Å². The Bertz CT molecular complexity index is 1170. The molecule has 0 atom stereocenters. The van der Waals surface area contributed by atoms with E-state index in [4.69, 9.17) is 0 Å². The molecule has 0 spiro atoms. The number of anilines is 1. The average molecular weight is 410 g/mol. The minimum atomic E-state index is -2.71. The Balaban J connectivity index is 1.33. The van der Waals surface area contributed by atoms with Crippen LogP contribution in [0.5, 0.6) is 0 Å². The molecular formula is C21H20F2N6O. The molecule has 1 fully saturated rings. The Labute approximate surface area is 171 Å². The maximum atomic E-state index is 12.3. The number of nitrogens with one attached hydrogen (secondary N) is 1. The second-order valence-electron chi connectivity index (χ2n) is 7.42. The quantitative estimate of drug-likeness (QED) is 0.529. The zero-order valence-electron chi connectivity index (χ0n) is 16.1. The van der Waals surface area contributed by atoms with Crippen LogP contribution < -0.4 is 5.32 Å². The van der Waals surface area contributed by atoms with E-state index in [9.17, 15) is 8.78 Å². The number of halogens is 2. The Morgan fingerprint density at radius 2 is 1.80 bits per heavy atom. The van der Waals surface area contributed by atoms with Crippen LogP contribution in [0.4, 0.5) is 14.7 Å². The second kappa shape index (κ2) is 7.91. The van der Waals surface area contributed by atoms with Crippen LogP contribution in [0.25, 0.3) is 27.7 Å². The van der Waals surface area contributed by atoms with Gasteiger partial charge < -0.3 is 10.1 Å². The number of rotatable bonds is 5. The van der Waals surface area contributed by atoms with E-state index in [2.05, 4.69) is 30.1 Å². The monoisotopic (exact) mass is 410 g/mol. The van der Waals surface area contributed by atoms with Crippen LogP contribution in [0.1, 0.15) is 25.7 Å². The van der Waals surface area contributed by atoms with Gasteiger partial charge in [-0.1, -0.05) is 6.07 Å². The largest absolute Gasteiger partial charge is 0.350 e. The van der Waals surface area contributed by atoms with E-state index < -0.39 is 6.61 Å². The van der Waals surface area contributed by atoms with Gasteiger partial charge in [-0.05, 0) is 49.4 Å². The van der Waals surface area contributed by atoms with Crippen molar-refractivity contribution in [2.75, 3.05) is 5.32 Å². The van der Waals surface area contributed by atoms with E-state index in [0.29, 0.717) is 18.8 Å². The van der Waals surface area contributed by atoms with Gasteiger partial charge in [-0.2, -0.15) is 8.78 Å². The smallest absolute Gasteiger partial charge is 0.345 e. The van der Waals surface area contributed by atoms with Crippen molar-refractivity contribution in [3.63, 3.8) is 0 Å². The van der Waals surface area contributed by atoms with Crippen LogP contribution in [0, 0.1) is 0 Å². The van der Waals surface area contributed by atoms with Crippen molar-refractivity contribution in [3.8, 4) is 11.1 Å². The fourth-order valence-corrected chi connectivity index (χ4v) is 4.01. The van der Waals surface area contributed by atoms with Crippen molar-refractivity contribution in [1.29, 1.82) is 0 Å². The van der Waals surface area contributed by atoms with Crippen molar-refractivity contribution >= 4 is 22.5 Å². The van der Waals surface area contributed by atoms with Crippen molar-refractivity contribution in [1.82, 2.24) is 24.6 Å². The lowest BCUT2D eigenvalue weighted by Gasteiger charge is -2.28. The summed E-state index contributed by atoms with van der Waals surface area (Å²) in [6, 6.07) is 8.11. The molecule has 4 aromatic rings. The number of hydrogen-bond donors (Lipinski definition) is 1. The van der Waals surface area contributed by atoms with Gasteiger partial charge in [0, 0.05) is 30.2 Å². The number of ether oxygens (including phenoxy) is 1. The fraction of sp³-hybridized carbons (Fsp3) is 0.333. The third-order valence-corrected chi connectivity index (χ3v) is 5.50. The highest BCUT2D eigenvalue weighted by Gasteiger charge is 2.24. The fourth-order valence-electron chi connectivity index (χ4n) is 4.01. The number of alkyl halides is 2. The molecule has 7 nitrogen and oxygen atoms in total. The van der Waals surface area contributed by atoms with Crippen molar-refractivity contribution in [2.24, 2.45) is 0 Å².